The van der Waals surface area contributed by atoms with Crippen LogP contribution in [0.5, 0.6) is 0 Å². The first-order chi connectivity index (χ1) is 12.1. The van der Waals surface area contributed by atoms with E-state index in [2.05, 4.69) is 0 Å². The Kier molecular flexibility index (Phi) is 8.79. The van der Waals surface area contributed by atoms with Crippen LogP contribution < -0.4 is 0 Å². The van der Waals surface area contributed by atoms with E-state index in [1.165, 1.54) is 0 Å². The zero-order valence-corrected chi connectivity index (χ0v) is 16.8. The van der Waals surface area contributed by atoms with Crippen LogP contribution in [0.1, 0.15) is 66.1 Å². The molecular formula is C21H32O5. The predicted molar refractivity (Wildman–Crippen MR) is 101 cm³/mol. The van der Waals surface area contributed by atoms with Crippen molar-refractivity contribution in [2.45, 2.75) is 72.2 Å². The molecule has 5 heteroatoms. The number of rotatable bonds is 9. The first-order valence-electron chi connectivity index (χ1n) is 9.23. The summed E-state index contributed by atoms with van der Waals surface area (Å²) in [5, 5.41) is 0. The van der Waals surface area contributed by atoms with Crippen molar-refractivity contribution in [3.63, 3.8) is 0 Å². The van der Waals surface area contributed by atoms with Crippen LogP contribution in [0.4, 0.5) is 0 Å². The van der Waals surface area contributed by atoms with E-state index in [1.54, 1.807) is 27.7 Å². The maximum Gasteiger partial charge on any atom is 0.309 e. The van der Waals surface area contributed by atoms with Gasteiger partial charge in [0.25, 0.3) is 0 Å². The molecule has 0 aliphatic heterocycles. The molecule has 3 atom stereocenters. The molecule has 0 spiro atoms. The highest BCUT2D eigenvalue weighted by molar-refractivity contribution is 5.79. The zero-order valence-electron chi connectivity index (χ0n) is 16.8. The highest BCUT2D eigenvalue weighted by Crippen LogP contribution is 2.25. The second-order valence-electron chi connectivity index (χ2n) is 7.54. The average molecular weight is 364 g/mol. The van der Waals surface area contributed by atoms with Gasteiger partial charge in [0.2, 0.25) is 0 Å². The van der Waals surface area contributed by atoms with Crippen LogP contribution in [0.3, 0.4) is 0 Å². The molecule has 5 nitrogen and oxygen atoms in total. The molecular weight excluding hydrogens is 332 g/mol. The lowest BCUT2D eigenvalue weighted by Crippen LogP contribution is -2.30. The van der Waals surface area contributed by atoms with Gasteiger partial charge < -0.3 is 14.2 Å². The van der Waals surface area contributed by atoms with E-state index < -0.39 is 29.6 Å². The summed E-state index contributed by atoms with van der Waals surface area (Å²) in [6.07, 6.45) is 0.0691. The number of carbonyl (C=O) groups excluding carboxylic acids is 2. The number of ether oxygens (including phenoxy) is 3. The maximum atomic E-state index is 12.4. The summed E-state index contributed by atoms with van der Waals surface area (Å²) in [5.74, 6) is -1.41. The van der Waals surface area contributed by atoms with Crippen molar-refractivity contribution < 1.29 is 23.8 Å². The molecule has 0 saturated heterocycles. The molecule has 1 aromatic rings. The van der Waals surface area contributed by atoms with Crippen LogP contribution in [0.2, 0.25) is 0 Å². The van der Waals surface area contributed by atoms with Crippen LogP contribution in [0.15, 0.2) is 30.3 Å². The second kappa shape index (κ2) is 10.3. The summed E-state index contributed by atoms with van der Waals surface area (Å²) >= 11 is 0. The summed E-state index contributed by atoms with van der Waals surface area (Å²) in [4.78, 5) is 24.3. The lowest BCUT2D eigenvalue weighted by molar-refractivity contribution is -0.167. The molecule has 0 fully saturated rings. The molecule has 0 amide bonds. The van der Waals surface area contributed by atoms with Crippen LogP contribution in [0, 0.1) is 5.92 Å². The van der Waals surface area contributed by atoms with Crippen molar-refractivity contribution in [3.05, 3.63) is 35.9 Å². The van der Waals surface area contributed by atoms with Crippen molar-refractivity contribution >= 4 is 11.9 Å². The molecule has 0 saturated carbocycles. The van der Waals surface area contributed by atoms with E-state index in [-0.39, 0.29) is 12.5 Å². The highest BCUT2D eigenvalue weighted by atomic mass is 16.6. The van der Waals surface area contributed by atoms with E-state index in [0.29, 0.717) is 6.61 Å². The molecule has 146 valence electrons. The predicted octanol–water partition coefficient (Wildman–Crippen LogP) is 4.45. The minimum Gasteiger partial charge on any atom is -0.460 e. The Morgan fingerprint density at radius 1 is 1.08 bits per heavy atom. The highest BCUT2D eigenvalue weighted by Gasteiger charge is 2.28. The molecule has 1 aromatic carbocycles. The minimum absolute atomic E-state index is 0.00531. The van der Waals surface area contributed by atoms with Gasteiger partial charge in [0, 0.05) is 6.61 Å². The number of esters is 2. The monoisotopic (exact) mass is 364 g/mol. The molecule has 0 N–H and O–H groups in total. The van der Waals surface area contributed by atoms with Crippen molar-refractivity contribution in [2.75, 3.05) is 6.61 Å². The smallest absolute Gasteiger partial charge is 0.309 e. The number of hydrogen-bond acceptors (Lipinski definition) is 5. The Balaban J connectivity index is 2.68. The molecule has 0 radical (unpaired) electrons. The number of hydrogen-bond donors (Lipinski definition) is 0. The van der Waals surface area contributed by atoms with Gasteiger partial charge in [0.15, 0.2) is 0 Å². The van der Waals surface area contributed by atoms with Gasteiger partial charge in [-0.1, -0.05) is 44.2 Å². The van der Waals surface area contributed by atoms with Crippen molar-refractivity contribution in [1.82, 2.24) is 0 Å². The number of benzene rings is 1. The van der Waals surface area contributed by atoms with Gasteiger partial charge >= 0.3 is 11.9 Å². The lowest BCUT2D eigenvalue weighted by Gasteiger charge is -2.26. The van der Waals surface area contributed by atoms with Gasteiger partial charge in [0.1, 0.15) is 17.8 Å². The Labute approximate surface area is 157 Å². The molecule has 0 aromatic heterocycles. The summed E-state index contributed by atoms with van der Waals surface area (Å²) in [6, 6.07) is 9.69. The van der Waals surface area contributed by atoms with Gasteiger partial charge in [-0.2, -0.15) is 0 Å². The van der Waals surface area contributed by atoms with Gasteiger partial charge in [-0.3, -0.25) is 9.59 Å². The molecule has 0 bridgehead atoms. The van der Waals surface area contributed by atoms with E-state index >= 15 is 0 Å². The third-order valence-electron chi connectivity index (χ3n) is 3.65. The largest absolute Gasteiger partial charge is 0.460 e. The van der Waals surface area contributed by atoms with E-state index in [0.717, 1.165) is 12.0 Å². The van der Waals surface area contributed by atoms with Crippen LogP contribution >= 0.6 is 0 Å². The Hall–Kier alpha value is -1.88. The third kappa shape index (κ3) is 8.00. The second-order valence-corrected chi connectivity index (χ2v) is 7.54. The standard InChI is InChI=1S/C21H32O5/c1-7-13-24-19(17-11-9-8-10-12-17)16(3)25-20(23)15(2)14-18(22)26-21(4,5)6/h8-12,15-16,19H,7,13-14H2,1-6H3/t15-,16+,19-/m1/s1. The van der Waals surface area contributed by atoms with Gasteiger partial charge in [-0.15, -0.1) is 0 Å². The van der Waals surface area contributed by atoms with E-state index in [9.17, 15) is 9.59 Å². The number of carbonyl (C=O) groups is 2. The Morgan fingerprint density at radius 2 is 1.69 bits per heavy atom. The quantitative estimate of drug-likeness (QED) is 0.606. The summed E-state index contributed by atoms with van der Waals surface area (Å²) in [5.41, 5.74) is 0.390. The molecule has 0 aliphatic rings. The SMILES string of the molecule is CCCO[C@@H](c1ccccc1)[C@H](C)OC(=O)[C@H](C)CC(=O)OC(C)(C)C. The summed E-state index contributed by atoms with van der Waals surface area (Å²) in [6.45, 7) is 11.5. The van der Waals surface area contributed by atoms with Gasteiger partial charge in [-0.25, -0.2) is 0 Å². The Morgan fingerprint density at radius 3 is 2.23 bits per heavy atom. The van der Waals surface area contributed by atoms with Crippen molar-refractivity contribution in [3.8, 4) is 0 Å². The molecule has 26 heavy (non-hydrogen) atoms. The van der Waals surface area contributed by atoms with Crippen molar-refractivity contribution in [1.29, 1.82) is 0 Å². The summed E-state index contributed by atoms with van der Waals surface area (Å²) < 4.78 is 16.7. The Bertz CT molecular complexity index is 562. The average Bonchev–Trinajstić information content (AvgIpc) is 2.54. The van der Waals surface area contributed by atoms with E-state index in [4.69, 9.17) is 14.2 Å². The lowest BCUT2D eigenvalue weighted by atomic mass is 10.0. The summed E-state index contributed by atoms with van der Waals surface area (Å²) in [7, 11) is 0. The molecule has 1 rings (SSSR count). The maximum absolute atomic E-state index is 12.4. The van der Waals surface area contributed by atoms with Gasteiger partial charge in [0.05, 0.1) is 12.3 Å². The third-order valence-corrected chi connectivity index (χ3v) is 3.65. The van der Waals surface area contributed by atoms with Gasteiger partial charge in [-0.05, 0) is 39.7 Å². The topological polar surface area (TPSA) is 61.8 Å². The zero-order chi connectivity index (χ0) is 19.7. The minimum atomic E-state index is -0.574. The fourth-order valence-corrected chi connectivity index (χ4v) is 2.47. The normalized spacial score (nSPS) is 15.0. The molecule has 0 unspecified atom stereocenters. The first-order valence-corrected chi connectivity index (χ1v) is 9.23. The van der Waals surface area contributed by atoms with E-state index in [1.807, 2.05) is 44.2 Å². The van der Waals surface area contributed by atoms with Crippen LogP contribution in [-0.4, -0.2) is 30.3 Å². The molecule has 0 heterocycles. The molecule has 0 aliphatic carbocycles. The fourth-order valence-electron chi connectivity index (χ4n) is 2.47. The fraction of sp³-hybridized carbons (Fsp3) is 0.619. The van der Waals surface area contributed by atoms with Crippen molar-refractivity contribution in [2.24, 2.45) is 5.92 Å². The first kappa shape index (κ1) is 22.2. The van der Waals surface area contributed by atoms with Crippen LogP contribution in [-0.2, 0) is 23.8 Å². The van der Waals surface area contributed by atoms with Crippen LogP contribution in [0.25, 0.3) is 0 Å².